The molecule has 3 aromatic rings. The Morgan fingerprint density at radius 1 is 1.19 bits per heavy atom. The number of benzene rings is 1. The number of furan rings is 1. The molecule has 0 aliphatic carbocycles. The van der Waals surface area contributed by atoms with Crippen LogP contribution < -0.4 is 10.1 Å². The lowest BCUT2D eigenvalue weighted by molar-refractivity contribution is 0.0592. The number of hydrogen-bond acceptors (Lipinski definition) is 5. The number of anilines is 1. The average Bonchev–Trinajstić information content (AvgIpc) is 3.40. The van der Waals surface area contributed by atoms with Crippen molar-refractivity contribution in [1.29, 1.82) is 0 Å². The molecular weight excluding hydrogens is 426 g/mol. The Bertz CT molecular complexity index is 1090. The molecule has 0 radical (unpaired) electrons. The second kappa shape index (κ2) is 8.89. The molecule has 6 nitrogen and oxygen atoms in total. The number of likely N-dealkylation sites (tertiary alicyclic amines) is 1. The summed E-state index contributed by atoms with van der Waals surface area (Å²) in [5.74, 6) is -1.69. The van der Waals surface area contributed by atoms with E-state index in [4.69, 9.17) is 9.15 Å². The van der Waals surface area contributed by atoms with Crippen molar-refractivity contribution in [1.82, 2.24) is 4.90 Å². The summed E-state index contributed by atoms with van der Waals surface area (Å²) >= 11 is 1.21. The summed E-state index contributed by atoms with van der Waals surface area (Å²) in [5.41, 5.74) is 0.775. The molecule has 0 unspecified atom stereocenters. The van der Waals surface area contributed by atoms with Crippen molar-refractivity contribution in [2.75, 3.05) is 18.4 Å². The first kappa shape index (κ1) is 21.0. The summed E-state index contributed by atoms with van der Waals surface area (Å²) in [4.78, 5) is 27.4. The highest BCUT2D eigenvalue weighted by molar-refractivity contribution is 7.18. The summed E-state index contributed by atoms with van der Waals surface area (Å²) in [5, 5.41) is 3.30. The van der Waals surface area contributed by atoms with E-state index in [9.17, 15) is 18.4 Å². The lowest BCUT2D eigenvalue weighted by Gasteiger charge is -2.32. The number of halogens is 2. The summed E-state index contributed by atoms with van der Waals surface area (Å²) in [7, 11) is 0. The van der Waals surface area contributed by atoms with E-state index in [1.54, 1.807) is 23.1 Å². The summed E-state index contributed by atoms with van der Waals surface area (Å²) in [6, 6.07) is 8.16. The molecule has 2 amide bonds. The average molecular weight is 446 g/mol. The number of nitrogens with zero attached hydrogens (tertiary/aromatic N) is 1. The SMILES string of the molecule is Cc1cc(NC(=O)c2ccco2)sc1C(=O)N1CCC(Oc2ccc(F)cc2F)CC1. The molecule has 1 aliphatic rings. The molecule has 9 heteroatoms. The third kappa shape index (κ3) is 4.77. The standard InChI is InChI=1S/C22H20F2N2O4S/c1-13-11-19(25-21(27)18-3-2-10-29-18)31-20(13)22(28)26-8-6-15(7-9-26)30-17-5-4-14(23)12-16(17)24/h2-5,10-12,15H,6-9H2,1H3,(H,25,27). The van der Waals surface area contributed by atoms with E-state index in [0.29, 0.717) is 35.8 Å². The van der Waals surface area contributed by atoms with Gasteiger partial charge in [0.05, 0.1) is 16.1 Å². The Kier molecular flexibility index (Phi) is 6.03. The van der Waals surface area contributed by atoms with Gasteiger partial charge in [0, 0.05) is 32.0 Å². The molecule has 3 heterocycles. The second-order valence-corrected chi connectivity index (χ2v) is 8.29. The Morgan fingerprint density at radius 3 is 2.65 bits per heavy atom. The van der Waals surface area contributed by atoms with E-state index in [-0.39, 0.29) is 29.4 Å². The van der Waals surface area contributed by atoms with Gasteiger partial charge < -0.3 is 19.4 Å². The van der Waals surface area contributed by atoms with Crippen molar-refractivity contribution < 1.29 is 27.5 Å². The highest BCUT2D eigenvalue weighted by Crippen LogP contribution is 2.30. The fourth-order valence-electron chi connectivity index (χ4n) is 3.41. The fraction of sp³-hybridized carbons (Fsp3) is 0.273. The van der Waals surface area contributed by atoms with E-state index in [2.05, 4.69) is 5.32 Å². The lowest BCUT2D eigenvalue weighted by Crippen LogP contribution is -2.41. The van der Waals surface area contributed by atoms with Crippen LogP contribution in [0.2, 0.25) is 0 Å². The predicted octanol–water partition coefficient (Wildman–Crippen LogP) is 4.86. The first-order valence-electron chi connectivity index (χ1n) is 9.77. The molecule has 0 spiro atoms. The van der Waals surface area contributed by atoms with Crippen LogP contribution in [0.25, 0.3) is 0 Å². The molecular formula is C22H20F2N2O4S. The van der Waals surface area contributed by atoms with Gasteiger partial charge in [0.2, 0.25) is 0 Å². The van der Waals surface area contributed by atoms with Crippen LogP contribution in [0.3, 0.4) is 0 Å². The van der Waals surface area contributed by atoms with Crippen molar-refractivity contribution in [3.05, 3.63) is 70.5 Å². The smallest absolute Gasteiger partial charge is 0.291 e. The molecule has 1 saturated heterocycles. The van der Waals surface area contributed by atoms with Gasteiger partial charge in [-0.2, -0.15) is 0 Å². The number of thiophene rings is 1. The maximum atomic E-state index is 13.8. The van der Waals surface area contributed by atoms with Crippen molar-refractivity contribution >= 4 is 28.2 Å². The number of aryl methyl sites for hydroxylation is 1. The fourth-order valence-corrected chi connectivity index (χ4v) is 4.44. The number of amides is 2. The highest BCUT2D eigenvalue weighted by atomic mass is 32.1. The van der Waals surface area contributed by atoms with Crippen molar-refractivity contribution in [2.45, 2.75) is 25.9 Å². The molecule has 1 fully saturated rings. The Hall–Kier alpha value is -3.20. The third-order valence-corrected chi connectivity index (χ3v) is 6.15. The Labute approximate surface area is 181 Å². The van der Waals surface area contributed by atoms with Crippen molar-refractivity contribution in [2.24, 2.45) is 0 Å². The zero-order chi connectivity index (χ0) is 22.0. The van der Waals surface area contributed by atoms with Crippen LogP contribution in [0.4, 0.5) is 13.8 Å². The van der Waals surface area contributed by atoms with Gasteiger partial charge >= 0.3 is 0 Å². The van der Waals surface area contributed by atoms with E-state index in [0.717, 1.165) is 17.7 Å². The van der Waals surface area contributed by atoms with Crippen LogP contribution in [-0.2, 0) is 0 Å². The lowest BCUT2D eigenvalue weighted by atomic mass is 10.1. The Morgan fingerprint density at radius 2 is 1.97 bits per heavy atom. The molecule has 162 valence electrons. The van der Waals surface area contributed by atoms with Crippen LogP contribution in [0, 0.1) is 18.6 Å². The van der Waals surface area contributed by atoms with Crippen molar-refractivity contribution in [3.8, 4) is 5.75 Å². The summed E-state index contributed by atoms with van der Waals surface area (Å²) < 4.78 is 37.6. The molecule has 0 atom stereocenters. The summed E-state index contributed by atoms with van der Waals surface area (Å²) in [6.45, 7) is 2.73. The van der Waals surface area contributed by atoms with Crippen LogP contribution >= 0.6 is 11.3 Å². The maximum Gasteiger partial charge on any atom is 0.291 e. The van der Waals surface area contributed by atoms with Gasteiger partial charge in [-0.25, -0.2) is 8.78 Å². The zero-order valence-corrected chi connectivity index (χ0v) is 17.5. The van der Waals surface area contributed by atoms with Crippen LogP contribution in [0.5, 0.6) is 5.75 Å². The molecule has 4 rings (SSSR count). The van der Waals surface area contributed by atoms with Gasteiger partial charge in [-0.1, -0.05) is 0 Å². The highest BCUT2D eigenvalue weighted by Gasteiger charge is 2.27. The number of hydrogen-bond donors (Lipinski definition) is 1. The molecule has 0 saturated carbocycles. The first-order chi connectivity index (χ1) is 14.9. The topological polar surface area (TPSA) is 71.8 Å². The van der Waals surface area contributed by atoms with Gasteiger partial charge in [-0.05, 0) is 42.8 Å². The normalized spacial score (nSPS) is 14.5. The minimum atomic E-state index is -0.739. The second-order valence-electron chi connectivity index (χ2n) is 7.24. The first-order valence-corrected chi connectivity index (χ1v) is 10.6. The number of nitrogens with one attached hydrogen (secondary N) is 1. The monoisotopic (exact) mass is 446 g/mol. The molecule has 1 aliphatic heterocycles. The summed E-state index contributed by atoms with van der Waals surface area (Å²) in [6.07, 6.45) is 2.24. The van der Waals surface area contributed by atoms with E-state index < -0.39 is 11.6 Å². The number of carbonyl (C=O) groups is 2. The molecule has 31 heavy (non-hydrogen) atoms. The van der Waals surface area contributed by atoms with E-state index in [1.165, 1.54) is 23.7 Å². The predicted molar refractivity (Wildman–Crippen MR) is 112 cm³/mol. The molecule has 1 N–H and O–H groups in total. The van der Waals surface area contributed by atoms with Gasteiger partial charge in [-0.15, -0.1) is 11.3 Å². The number of carbonyl (C=O) groups excluding carboxylic acids is 2. The third-order valence-electron chi connectivity index (χ3n) is 5.01. The molecule has 2 aromatic heterocycles. The minimum Gasteiger partial charge on any atom is -0.487 e. The number of piperidine rings is 1. The number of rotatable bonds is 5. The zero-order valence-electron chi connectivity index (χ0n) is 16.7. The van der Waals surface area contributed by atoms with Crippen LogP contribution in [0.15, 0.2) is 47.1 Å². The molecule has 0 bridgehead atoms. The van der Waals surface area contributed by atoms with Crippen LogP contribution in [-0.4, -0.2) is 35.9 Å². The maximum absolute atomic E-state index is 13.8. The van der Waals surface area contributed by atoms with E-state index in [1.807, 2.05) is 6.92 Å². The van der Waals surface area contributed by atoms with Gasteiger partial charge in [0.25, 0.3) is 11.8 Å². The quantitative estimate of drug-likeness (QED) is 0.607. The van der Waals surface area contributed by atoms with Crippen LogP contribution in [0.1, 0.15) is 38.6 Å². The van der Waals surface area contributed by atoms with Gasteiger partial charge in [-0.3, -0.25) is 9.59 Å². The molecule has 1 aromatic carbocycles. The number of ether oxygens (including phenoxy) is 1. The minimum absolute atomic E-state index is 0.0113. The van der Waals surface area contributed by atoms with Crippen molar-refractivity contribution in [3.63, 3.8) is 0 Å². The van der Waals surface area contributed by atoms with Gasteiger partial charge in [0.15, 0.2) is 17.3 Å². The Balaban J connectivity index is 1.35. The van der Waals surface area contributed by atoms with E-state index >= 15 is 0 Å². The van der Waals surface area contributed by atoms with Gasteiger partial charge in [0.1, 0.15) is 11.9 Å². The largest absolute Gasteiger partial charge is 0.487 e.